The standard InChI is InChI=1S/C16H15FN4O5S/c1-26-12-5-4-10(17)9-13(12)27(24,25)19-7-8-21-15(22)11-3-2-6-18-14(11)20-16(21)23/h2-6,9,11,19H,7-8H2,1H3. The predicted octanol–water partition coefficient (Wildman–Crippen LogP) is 0.730. The highest BCUT2D eigenvalue weighted by Crippen LogP contribution is 2.24. The molecule has 0 spiro atoms. The Kier molecular flexibility index (Phi) is 5.15. The highest BCUT2D eigenvalue weighted by atomic mass is 32.2. The molecule has 2 heterocycles. The molecule has 3 rings (SSSR count). The van der Waals surface area contributed by atoms with Crippen LogP contribution in [0.25, 0.3) is 0 Å². The number of fused-ring (bicyclic) bond motifs is 1. The summed E-state index contributed by atoms with van der Waals surface area (Å²) in [6.45, 7) is -0.511. The molecule has 2 aliphatic rings. The zero-order valence-electron chi connectivity index (χ0n) is 14.1. The molecule has 0 aliphatic carbocycles. The topological polar surface area (TPSA) is 118 Å². The van der Waals surface area contributed by atoms with Gasteiger partial charge in [-0.1, -0.05) is 6.08 Å². The number of allylic oxidation sites excluding steroid dienone is 1. The number of hydrogen-bond donors (Lipinski definition) is 1. The van der Waals surface area contributed by atoms with E-state index in [9.17, 15) is 22.4 Å². The van der Waals surface area contributed by atoms with Gasteiger partial charge in [0.15, 0.2) is 0 Å². The largest absolute Gasteiger partial charge is 0.495 e. The minimum atomic E-state index is -4.12. The highest BCUT2D eigenvalue weighted by molar-refractivity contribution is 7.89. The first-order chi connectivity index (χ1) is 12.8. The number of carbonyl (C=O) groups excluding carboxylic acids is 2. The number of imide groups is 1. The Morgan fingerprint density at radius 1 is 1.33 bits per heavy atom. The smallest absolute Gasteiger partial charge is 0.352 e. The van der Waals surface area contributed by atoms with E-state index in [1.807, 2.05) is 0 Å². The number of methoxy groups -OCH3 is 1. The van der Waals surface area contributed by atoms with E-state index in [2.05, 4.69) is 14.7 Å². The normalized spacial score (nSPS) is 19.1. The summed E-state index contributed by atoms with van der Waals surface area (Å²) in [5.74, 6) is -1.99. The molecule has 9 nitrogen and oxygen atoms in total. The molecule has 142 valence electrons. The Morgan fingerprint density at radius 3 is 2.85 bits per heavy atom. The number of ether oxygens (including phenoxy) is 1. The number of nitrogens with zero attached hydrogens (tertiary/aromatic N) is 3. The fourth-order valence-electron chi connectivity index (χ4n) is 2.59. The molecule has 11 heteroatoms. The number of rotatable bonds is 6. The van der Waals surface area contributed by atoms with Crippen molar-refractivity contribution in [2.45, 2.75) is 4.90 Å². The van der Waals surface area contributed by atoms with Gasteiger partial charge in [-0.05, 0) is 24.3 Å². The summed E-state index contributed by atoms with van der Waals surface area (Å²) in [6.07, 6.45) is 4.54. The van der Waals surface area contributed by atoms with Crippen molar-refractivity contribution in [1.29, 1.82) is 0 Å². The number of dihydropyridines is 1. The molecule has 1 aromatic rings. The van der Waals surface area contributed by atoms with E-state index in [-0.39, 0.29) is 29.6 Å². The van der Waals surface area contributed by atoms with Gasteiger partial charge in [-0.15, -0.1) is 0 Å². The first-order valence-corrected chi connectivity index (χ1v) is 9.30. The van der Waals surface area contributed by atoms with Crippen LogP contribution in [0.1, 0.15) is 0 Å². The van der Waals surface area contributed by atoms with Crippen LogP contribution in [-0.2, 0) is 14.8 Å². The summed E-state index contributed by atoms with van der Waals surface area (Å²) in [5, 5.41) is 0. The van der Waals surface area contributed by atoms with Crippen LogP contribution in [0, 0.1) is 11.7 Å². The van der Waals surface area contributed by atoms with E-state index < -0.39 is 33.7 Å². The van der Waals surface area contributed by atoms with Crippen molar-refractivity contribution < 1.29 is 27.1 Å². The molecule has 0 fully saturated rings. The number of halogens is 1. The lowest BCUT2D eigenvalue weighted by Crippen LogP contribution is -2.48. The summed E-state index contributed by atoms with van der Waals surface area (Å²) >= 11 is 0. The van der Waals surface area contributed by atoms with E-state index in [4.69, 9.17) is 4.74 Å². The summed E-state index contributed by atoms with van der Waals surface area (Å²) < 4.78 is 45.3. The third kappa shape index (κ3) is 3.78. The van der Waals surface area contributed by atoms with Crippen molar-refractivity contribution in [1.82, 2.24) is 9.62 Å². The van der Waals surface area contributed by atoms with Crippen molar-refractivity contribution in [2.24, 2.45) is 15.9 Å². The van der Waals surface area contributed by atoms with E-state index in [1.165, 1.54) is 19.4 Å². The first kappa shape index (κ1) is 18.9. The second-order valence-electron chi connectivity index (χ2n) is 5.58. The van der Waals surface area contributed by atoms with Crippen LogP contribution in [0.2, 0.25) is 0 Å². The molecule has 0 radical (unpaired) electrons. The number of carbonyl (C=O) groups is 2. The summed E-state index contributed by atoms with van der Waals surface area (Å²) in [5.41, 5.74) is 0. The van der Waals surface area contributed by atoms with Crippen molar-refractivity contribution in [3.05, 3.63) is 36.2 Å². The Labute approximate surface area is 154 Å². The number of benzene rings is 1. The van der Waals surface area contributed by atoms with E-state index in [0.29, 0.717) is 0 Å². The molecule has 0 bridgehead atoms. The maximum Gasteiger partial charge on any atom is 0.352 e. The predicted molar refractivity (Wildman–Crippen MR) is 93.8 cm³/mol. The van der Waals surface area contributed by atoms with Gasteiger partial charge in [-0.2, -0.15) is 4.99 Å². The SMILES string of the molecule is COc1ccc(F)cc1S(=O)(=O)NCCN1C(=O)N=C2N=CC=CC2C1=O. The van der Waals surface area contributed by atoms with Gasteiger partial charge in [-0.3, -0.25) is 9.69 Å². The molecular weight excluding hydrogens is 379 g/mol. The van der Waals surface area contributed by atoms with E-state index in [1.54, 1.807) is 12.2 Å². The summed E-state index contributed by atoms with van der Waals surface area (Å²) in [6, 6.07) is 2.26. The average Bonchev–Trinajstić information content (AvgIpc) is 2.64. The summed E-state index contributed by atoms with van der Waals surface area (Å²) in [7, 11) is -2.87. The quantitative estimate of drug-likeness (QED) is 0.763. The lowest BCUT2D eigenvalue weighted by atomic mass is 10.0. The Balaban J connectivity index is 1.71. The number of nitrogens with one attached hydrogen (secondary N) is 1. The van der Waals surface area contributed by atoms with Crippen LogP contribution in [-0.4, -0.2) is 57.5 Å². The number of sulfonamides is 1. The zero-order valence-corrected chi connectivity index (χ0v) is 14.9. The van der Waals surface area contributed by atoms with Gasteiger partial charge in [-0.25, -0.2) is 27.3 Å². The molecule has 27 heavy (non-hydrogen) atoms. The van der Waals surface area contributed by atoms with Crippen molar-refractivity contribution >= 4 is 34.0 Å². The Bertz CT molecular complexity index is 987. The van der Waals surface area contributed by atoms with Gasteiger partial charge < -0.3 is 4.74 Å². The lowest BCUT2D eigenvalue weighted by molar-refractivity contribution is -0.129. The Morgan fingerprint density at radius 2 is 2.11 bits per heavy atom. The zero-order chi connectivity index (χ0) is 19.6. The van der Waals surface area contributed by atoms with Crippen molar-refractivity contribution in [3.63, 3.8) is 0 Å². The molecular formula is C16H15FN4O5S. The van der Waals surface area contributed by atoms with Crippen LogP contribution in [0.5, 0.6) is 5.75 Å². The van der Waals surface area contributed by atoms with Crippen LogP contribution in [0.3, 0.4) is 0 Å². The molecule has 0 aromatic heterocycles. The van der Waals surface area contributed by atoms with Gasteiger partial charge in [0.2, 0.25) is 15.9 Å². The van der Waals surface area contributed by atoms with Gasteiger partial charge in [0.1, 0.15) is 28.2 Å². The van der Waals surface area contributed by atoms with Crippen LogP contribution in [0.4, 0.5) is 9.18 Å². The second kappa shape index (κ2) is 7.37. The minimum Gasteiger partial charge on any atom is -0.495 e. The van der Waals surface area contributed by atoms with E-state index >= 15 is 0 Å². The minimum absolute atomic E-state index is 0.0338. The first-order valence-electron chi connectivity index (χ1n) is 7.81. The maximum absolute atomic E-state index is 13.4. The fraction of sp³-hybridized carbons (Fsp3) is 0.250. The molecule has 3 amide bonds. The lowest BCUT2D eigenvalue weighted by Gasteiger charge is -2.27. The van der Waals surface area contributed by atoms with Crippen molar-refractivity contribution in [3.8, 4) is 5.75 Å². The monoisotopic (exact) mass is 394 g/mol. The molecule has 1 aromatic carbocycles. The molecule has 1 N–H and O–H groups in total. The number of amides is 3. The van der Waals surface area contributed by atoms with Gasteiger partial charge in [0, 0.05) is 19.3 Å². The summed E-state index contributed by atoms with van der Waals surface area (Å²) in [4.78, 5) is 32.5. The van der Waals surface area contributed by atoms with Gasteiger partial charge in [0.25, 0.3) is 0 Å². The van der Waals surface area contributed by atoms with Crippen LogP contribution < -0.4 is 9.46 Å². The van der Waals surface area contributed by atoms with Crippen molar-refractivity contribution in [2.75, 3.05) is 20.2 Å². The second-order valence-corrected chi connectivity index (χ2v) is 7.31. The van der Waals surface area contributed by atoms with Crippen LogP contribution >= 0.6 is 0 Å². The average molecular weight is 394 g/mol. The molecule has 2 aliphatic heterocycles. The third-order valence-corrected chi connectivity index (χ3v) is 5.37. The molecule has 0 saturated carbocycles. The van der Waals surface area contributed by atoms with Gasteiger partial charge >= 0.3 is 6.03 Å². The van der Waals surface area contributed by atoms with E-state index in [0.717, 1.165) is 17.0 Å². The molecule has 1 unspecified atom stereocenters. The number of urea groups is 1. The van der Waals surface area contributed by atoms with Crippen LogP contribution in [0.15, 0.2) is 45.2 Å². The highest BCUT2D eigenvalue weighted by Gasteiger charge is 2.36. The maximum atomic E-state index is 13.4. The number of amidine groups is 1. The third-order valence-electron chi connectivity index (χ3n) is 3.89. The van der Waals surface area contributed by atoms with Gasteiger partial charge in [0.05, 0.1) is 7.11 Å². The molecule has 1 atom stereocenters. The number of aliphatic imine (C=N–C) groups is 2. The Hall–Kier alpha value is -2.92. The number of hydrogen-bond acceptors (Lipinski definition) is 6. The molecule has 0 saturated heterocycles. The fourth-order valence-corrected chi connectivity index (χ4v) is 3.79.